The van der Waals surface area contributed by atoms with Gasteiger partial charge in [0.15, 0.2) is 0 Å². The molecule has 2 aromatic rings. The molecule has 1 heterocycles. The summed E-state index contributed by atoms with van der Waals surface area (Å²) < 4.78 is 0. The average molecular weight is 250 g/mol. The molecule has 0 saturated carbocycles. The molecule has 0 atom stereocenters. The molecule has 1 aromatic carbocycles. The molecular weight excluding hydrogens is 220 g/mol. The van der Waals surface area contributed by atoms with Crippen molar-refractivity contribution in [3.8, 4) is 0 Å². The largest absolute Gasteiger partial charge is 0.358 e. The number of benzene rings is 1. The van der Waals surface area contributed by atoms with Crippen LogP contribution < -0.4 is 5.73 Å². The number of aromatic nitrogens is 1. The Morgan fingerprint density at radius 1 is 1.00 bits per heavy atom. The first-order chi connectivity index (χ1) is 8.83. The van der Waals surface area contributed by atoms with Gasteiger partial charge in [0.2, 0.25) is 0 Å². The van der Waals surface area contributed by atoms with Crippen molar-refractivity contribution >= 4 is 10.9 Å². The fourth-order valence-corrected chi connectivity index (χ4v) is 1.79. The van der Waals surface area contributed by atoms with E-state index in [1.54, 1.807) is 0 Å². The topological polar surface area (TPSA) is 41.8 Å². The maximum atomic E-state index is 4.50. The molecule has 0 amide bonds. The van der Waals surface area contributed by atoms with Gasteiger partial charge >= 0.3 is 0 Å². The van der Waals surface area contributed by atoms with Gasteiger partial charge in [0, 0.05) is 16.6 Å². The van der Waals surface area contributed by atoms with Crippen LogP contribution in [0.3, 0.4) is 0 Å². The fourth-order valence-electron chi connectivity index (χ4n) is 1.79. The molecule has 2 heteroatoms. The number of aromatic amines is 1. The van der Waals surface area contributed by atoms with E-state index < -0.39 is 0 Å². The average Bonchev–Trinajstić information content (AvgIpc) is 2.80. The Balaban J connectivity index is 0. The van der Waals surface area contributed by atoms with Gasteiger partial charge in [-0.3, -0.25) is 0 Å². The van der Waals surface area contributed by atoms with Gasteiger partial charge in [0.1, 0.15) is 0 Å². The van der Waals surface area contributed by atoms with Crippen LogP contribution in [-0.2, 0) is 6.42 Å². The van der Waals surface area contributed by atoms with E-state index >= 15 is 0 Å². The predicted molar refractivity (Wildman–Crippen MR) is 85.2 cm³/mol. The lowest BCUT2D eigenvalue weighted by atomic mass is 10.1. The minimum atomic E-state index is 1.11. The molecule has 0 unspecified atom stereocenters. The van der Waals surface area contributed by atoms with Crippen molar-refractivity contribution < 1.29 is 0 Å². The van der Waals surface area contributed by atoms with E-state index in [2.05, 4.69) is 48.8 Å². The summed E-state index contributed by atoms with van der Waals surface area (Å²) in [5.41, 5.74) is 8.51. The highest BCUT2D eigenvalue weighted by Gasteiger charge is 2.03. The van der Waals surface area contributed by atoms with Crippen molar-refractivity contribution in [2.45, 2.75) is 48.0 Å². The zero-order valence-electron chi connectivity index (χ0n) is 13.1. The zero-order chi connectivity index (χ0) is 14.6. The van der Waals surface area contributed by atoms with Crippen LogP contribution >= 0.6 is 0 Å². The Morgan fingerprint density at radius 3 is 2.00 bits per heavy atom. The van der Waals surface area contributed by atoms with E-state index in [1.807, 2.05) is 27.7 Å². The maximum Gasteiger partial charge on any atom is 0.0458 e. The van der Waals surface area contributed by atoms with Crippen LogP contribution in [-0.4, -0.2) is 12.0 Å². The second-order valence-electron chi connectivity index (χ2n) is 3.13. The van der Waals surface area contributed by atoms with Gasteiger partial charge in [-0.05, 0) is 32.0 Å². The van der Waals surface area contributed by atoms with Crippen molar-refractivity contribution in [2.75, 3.05) is 7.05 Å². The molecule has 104 valence electrons. The molecule has 0 saturated heterocycles. The number of nitrogens with one attached hydrogen (secondary N) is 1. The number of hydrogen-bond acceptors (Lipinski definition) is 1. The van der Waals surface area contributed by atoms with Gasteiger partial charge in [0.25, 0.3) is 0 Å². The monoisotopic (exact) mass is 250 g/mol. The first-order valence-electron chi connectivity index (χ1n) is 6.97. The third-order valence-corrected chi connectivity index (χ3v) is 2.38. The normalized spacial score (nSPS) is 8.22. The van der Waals surface area contributed by atoms with Crippen LogP contribution in [0.5, 0.6) is 0 Å². The highest BCUT2D eigenvalue weighted by atomic mass is 14.7. The van der Waals surface area contributed by atoms with E-state index in [1.165, 1.54) is 29.2 Å². The van der Waals surface area contributed by atoms with Crippen molar-refractivity contribution in [2.24, 2.45) is 5.73 Å². The highest BCUT2D eigenvalue weighted by Crippen LogP contribution is 2.21. The Bertz CT molecular complexity index is 402. The lowest BCUT2D eigenvalue weighted by Crippen LogP contribution is -1.79. The number of nitrogens with two attached hydrogens (primary N) is 1. The lowest BCUT2D eigenvalue weighted by molar-refractivity contribution is 1.11. The molecule has 2 nitrogen and oxygen atoms in total. The van der Waals surface area contributed by atoms with Gasteiger partial charge < -0.3 is 10.7 Å². The number of hydrogen-bond donors (Lipinski definition) is 2. The Kier molecular flexibility index (Phi) is 12.9. The molecule has 0 spiro atoms. The van der Waals surface area contributed by atoms with Crippen LogP contribution in [0.4, 0.5) is 0 Å². The molecule has 3 N–H and O–H groups in total. The first kappa shape index (κ1) is 19.1. The SMILES string of the molecule is CC.CC.CCc1c(C)[nH]c2ccccc12.CN. The van der Waals surface area contributed by atoms with E-state index in [4.69, 9.17) is 0 Å². The summed E-state index contributed by atoms with van der Waals surface area (Å²) in [5.74, 6) is 0. The first-order valence-corrected chi connectivity index (χ1v) is 6.97. The van der Waals surface area contributed by atoms with Crippen molar-refractivity contribution in [1.82, 2.24) is 4.98 Å². The van der Waals surface area contributed by atoms with Crippen molar-refractivity contribution in [3.63, 3.8) is 0 Å². The van der Waals surface area contributed by atoms with E-state index in [9.17, 15) is 0 Å². The number of H-pyrrole nitrogens is 1. The summed E-state index contributed by atoms with van der Waals surface area (Å²) in [6.45, 7) is 12.3. The van der Waals surface area contributed by atoms with Gasteiger partial charge in [-0.1, -0.05) is 52.8 Å². The summed E-state index contributed by atoms with van der Waals surface area (Å²) >= 11 is 0. The molecule has 0 fully saturated rings. The third kappa shape index (κ3) is 4.92. The molecule has 0 bridgehead atoms. The minimum absolute atomic E-state index is 1.11. The molecule has 0 aliphatic heterocycles. The van der Waals surface area contributed by atoms with Crippen LogP contribution in [0.25, 0.3) is 10.9 Å². The number of para-hydroxylation sites is 1. The Labute approximate surface area is 113 Å². The summed E-state index contributed by atoms with van der Waals surface area (Å²) in [7, 11) is 1.50. The van der Waals surface area contributed by atoms with E-state index in [-0.39, 0.29) is 0 Å². The van der Waals surface area contributed by atoms with Crippen LogP contribution in [0, 0.1) is 6.92 Å². The smallest absolute Gasteiger partial charge is 0.0458 e. The van der Waals surface area contributed by atoms with Crippen molar-refractivity contribution in [3.05, 3.63) is 35.5 Å². The Hall–Kier alpha value is -1.28. The molecule has 0 aliphatic rings. The second-order valence-corrected chi connectivity index (χ2v) is 3.13. The van der Waals surface area contributed by atoms with Crippen LogP contribution in [0.2, 0.25) is 0 Å². The minimum Gasteiger partial charge on any atom is -0.358 e. The molecule has 2 rings (SSSR count). The van der Waals surface area contributed by atoms with Crippen LogP contribution in [0.1, 0.15) is 45.9 Å². The zero-order valence-corrected chi connectivity index (χ0v) is 13.1. The Morgan fingerprint density at radius 2 is 1.50 bits per heavy atom. The standard InChI is InChI=1S/C11H13N.2C2H6.CH5N/c1-3-9-8(2)12-11-7-5-4-6-10(9)11;3*1-2/h4-7,12H,3H2,1-2H3;2*1-2H3;2H2,1H3. The summed E-state index contributed by atoms with van der Waals surface area (Å²) in [6.07, 6.45) is 1.11. The summed E-state index contributed by atoms with van der Waals surface area (Å²) in [4.78, 5) is 3.38. The van der Waals surface area contributed by atoms with Gasteiger partial charge in [0.05, 0.1) is 0 Å². The molecule has 18 heavy (non-hydrogen) atoms. The molecule has 1 aromatic heterocycles. The second kappa shape index (κ2) is 12.2. The highest BCUT2D eigenvalue weighted by molar-refractivity contribution is 5.84. The van der Waals surface area contributed by atoms with Crippen molar-refractivity contribution in [1.29, 1.82) is 0 Å². The van der Waals surface area contributed by atoms with E-state index in [0.29, 0.717) is 0 Å². The predicted octanol–water partition coefficient (Wildman–Crippen LogP) is 4.67. The summed E-state index contributed by atoms with van der Waals surface area (Å²) in [6, 6.07) is 8.46. The van der Waals surface area contributed by atoms with Crippen LogP contribution in [0.15, 0.2) is 24.3 Å². The number of aryl methyl sites for hydroxylation is 2. The third-order valence-electron chi connectivity index (χ3n) is 2.38. The maximum absolute atomic E-state index is 4.50. The van der Waals surface area contributed by atoms with Gasteiger partial charge in [-0.25, -0.2) is 0 Å². The lowest BCUT2D eigenvalue weighted by Gasteiger charge is -1.93. The van der Waals surface area contributed by atoms with E-state index in [0.717, 1.165) is 6.42 Å². The van der Waals surface area contributed by atoms with Gasteiger partial charge in [-0.2, -0.15) is 0 Å². The number of fused-ring (bicyclic) bond motifs is 1. The molecule has 0 radical (unpaired) electrons. The number of rotatable bonds is 1. The van der Waals surface area contributed by atoms with Gasteiger partial charge in [-0.15, -0.1) is 0 Å². The summed E-state index contributed by atoms with van der Waals surface area (Å²) in [5, 5.41) is 1.37. The quantitative estimate of drug-likeness (QED) is 0.759. The fraction of sp³-hybridized carbons (Fsp3) is 0.500. The molecular formula is C16H30N2. The molecule has 0 aliphatic carbocycles.